The molecule has 0 aliphatic rings. The standard InChI is InChI=1S/C13H21N3O.HI/c14-13(15-10-6-1-2-7-11-17)16-12-8-4-3-5-9-12;/h3-5,8-9,17H,1-2,6-7,10-11H2,(H3,14,15,16);1H. The molecule has 0 aliphatic carbocycles. The van der Waals surface area contributed by atoms with E-state index in [1.807, 2.05) is 30.3 Å². The van der Waals surface area contributed by atoms with E-state index in [2.05, 4.69) is 10.3 Å². The Bertz CT molecular complexity index is 330. The summed E-state index contributed by atoms with van der Waals surface area (Å²) >= 11 is 0. The lowest BCUT2D eigenvalue weighted by Gasteiger charge is -2.04. The zero-order chi connectivity index (χ0) is 12.3. The molecule has 0 atom stereocenters. The third-order valence-corrected chi connectivity index (χ3v) is 2.39. The van der Waals surface area contributed by atoms with E-state index in [0.29, 0.717) is 5.96 Å². The minimum atomic E-state index is 0. The fraction of sp³-hybridized carbons (Fsp3) is 0.462. The first-order valence-corrected chi connectivity index (χ1v) is 6.06. The van der Waals surface area contributed by atoms with Crippen LogP contribution in [-0.2, 0) is 0 Å². The van der Waals surface area contributed by atoms with E-state index in [-0.39, 0.29) is 30.6 Å². The van der Waals surface area contributed by atoms with Gasteiger partial charge in [-0.25, -0.2) is 0 Å². The molecule has 0 aliphatic heterocycles. The first kappa shape index (κ1) is 17.2. The summed E-state index contributed by atoms with van der Waals surface area (Å²) in [6, 6.07) is 9.75. The number of aliphatic imine (C=N–C) groups is 1. The van der Waals surface area contributed by atoms with Gasteiger partial charge in [0.1, 0.15) is 0 Å². The van der Waals surface area contributed by atoms with Crippen LogP contribution >= 0.6 is 24.0 Å². The van der Waals surface area contributed by atoms with Crippen LogP contribution in [0.5, 0.6) is 0 Å². The molecule has 18 heavy (non-hydrogen) atoms. The van der Waals surface area contributed by atoms with Crippen molar-refractivity contribution in [3.8, 4) is 0 Å². The van der Waals surface area contributed by atoms with Gasteiger partial charge in [0.05, 0.1) is 0 Å². The molecular formula is C13H22IN3O. The molecule has 1 aromatic rings. The van der Waals surface area contributed by atoms with Gasteiger partial charge in [-0.3, -0.25) is 4.99 Å². The zero-order valence-electron chi connectivity index (χ0n) is 10.5. The van der Waals surface area contributed by atoms with E-state index in [1.165, 1.54) is 0 Å². The summed E-state index contributed by atoms with van der Waals surface area (Å²) in [5, 5.41) is 11.6. The maximum atomic E-state index is 8.62. The Labute approximate surface area is 126 Å². The molecule has 1 aromatic carbocycles. The second kappa shape index (κ2) is 11.3. The smallest absolute Gasteiger partial charge is 0.193 e. The molecule has 5 heteroatoms. The van der Waals surface area contributed by atoms with Crippen molar-refractivity contribution < 1.29 is 5.11 Å². The molecule has 0 radical (unpaired) electrons. The highest BCUT2D eigenvalue weighted by atomic mass is 127. The van der Waals surface area contributed by atoms with Gasteiger partial charge in [0.2, 0.25) is 0 Å². The molecule has 0 bridgehead atoms. The number of nitrogens with one attached hydrogen (secondary N) is 1. The van der Waals surface area contributed by atoms with Crippen molar-refractivity contribution in [3.05, 3.63) is 30.3 Å². The summed E-state index contributed by atoms with van der Waals surface area (Å²) < 4.78 is 0. The van der Waals surface area contributed by atoms with Crippen LogP contribution in [0.25, 0.3) is 0 Å². The number of hydrogen-bond donors (Lipinski definition) is 3. The topological polar surface area (TPSA) is 70.6 Å². The lowest BCUT2D eigenvalue weighted by Crippen LogP contribution is -2.22. The Kier molecular flexibility index (Phi) is 10.8. The van der Waals surface area contributed by atoms with Crippen LogP contribution in [0.3, 0.4) is 0 Å². The number of para-hydroxylation sites is 1. The Hall–Kier alpha value is -0.820. The number of benzene rings is 1. The van der Waals surface area contributed by atoms with Crippen molar-refractivity contribution in [2.45, 2.75) is 25.7 Å². The highest BCUT2D eigenvalue weighted by molar-refractivity contribution is 14.0. The van der Waals surface area contributed by atoms with E-state index in [0.717, 1.165) is 37.9 Å². The molecule has 0 aromatic heterocycles. The molecule has 0 saturated heterocycles. The van der Waals surface area contributed by atoms with Crippen molar-refractivity contribution in [2.75, 3.05) is 18.5 Å². The molecule has 0 spiro atoms. The number of guanidine groups is 1. The molecule has 0 saturated carbocycles. The Balaban J connectivity index is 0.00000289. The van der Waals surface area contributed by atoms with Gasteiger partial charge in [-0.2, -0.15) is 0 Å². The maximum Gasteiger partial charge on any atom is 0.193 e. The van der Waals surface area contributed by atoms with E-state index in [1.54, 1.807) is 0 Å². The maximum absolute atomic E-state index is 8.62. The van der Waals surface area contributed by atoms with Crippen LogP contribution in [0, 0.1) is 0 Å². The van der Waals surface area contributed by atoms with Gasteiger partial charge in [-0.1, -0.05) is 31.0 Å². The fourth-order valence-corrected chi connectivity index (χ4v) is 1.49. The van der Waals surface area contributed by atoms with Gasteiger partial charge in [0, 0.05) is 18.8 Å². The number of unbranched alkanes of at least 4 members (excludes halogenated alkanes) is 3. The Morgan fingerprint density at radius 1 is 1.11 bits per heavy atom. The highest BCUT2D eigenvalue weighted by Gasteiger charge is 1.93. The van der Waals surface area contributed by atoms with E-state index in [4.69, 9.17) is 10.8 Å². The molecule has 4 nitrogen and oxygen atoms in total. The predicted molar refractivity (Wildman–Crippen MR) is 87.5 cm³/mol. The van der Waals surface area contributed by atoms with Gasteiger partial charge in [-0.15, -0.1) is 24.0 Å². The number of aliphatic hydroxyl groups excluding tert-OH is 1. The predicted octanol–water partition coefficient (Wildman–Crippen LogP) is 2.58. The number of anilines is 1. The van der Waals surface area contributed by atoms with E-state index in [9.17, 15) is 0 Å². The van der Waals surface area contributed by atoms with E-state index >= 15 is 0 Å². The molecule has 0 unspecified atom stereocenters. The van der Waals surface area contributed by atoms with Gasteiger partial charge in [0.25, 0.3) is 0 Å². The summed E-state index contributed by atoms with van der Waals surface area (Å²) in [5.41, 5.74) is 6.70. The van der Waals surface area contributed by atoms with Crippen molar-refractivity contribution >= 4 is 35.6 Å². The van der Waals surface area contributed by atoms with Crippen molar-refractivity contribution in [2.24, 2.45) is 10.7 Å². The van der Waals surface area contributed by atoms with Crippen LogP contribution in [-0.4, -0.2) is 24.2 Å². The number of nitrogens with zero attached hydrogens (tertiary/aromatic N) is 1. The lowest BCUT2D eigenvalue weighted by molar-refractivity contribution is 0.282. The van der Waals surface area contributed by atoms with Crippen LogP contribution in [0.4, 0.5) is 5.69 Å². The molecule has 0 fully saturated rings. The number of rotatable bonds is 7. The van der Waals surface area contributed by atoms with Crippen molar-refractivity contribution in [1.82, 2.24) is 0 Å². The summed E-state index contributed by atoms with van der Waals surface area (Å²) in [4.78, 5) is 4.24. The van der Waals surface area contributed by atoms with Gasteiger partial charge in [-0.05, 0) is 25.0 Å². The summed E-state index contributed by atoms with van der Waals surface area (Å²) in [5.74, 6) is 0.457. The minimum absolute atomic E-state index is 0. The van der Waals surface area contributed by atoms with Crippen molar-refractivity contribution in [1.29, 1.82) is 0 Å². The normalized spacial score (nSPS) is 10.8. The third-order valence-electron chi connectivity index (χ3n) is 2.39. The average Bonchev–Trinajstić information content (AvgIpc) is 2.35. The Morgan fingerprint density at radius 3 is 2.44 bits per heavy atom. The summed E-state index contributed by atoms with van der Waals surface area (Å²) in [7, 11) is 0. The second-order valence-corrected chi connectivity index (χ2v) is 3.90. The van der Waals surface area contributed by atoms with Crippen LogP contribution in [0.15, 0.2) is 35.3 Å². The zero-order valence-corrected chi connectivity index (χ0v) is 12.8. The largest absolute Gasteiger partial charge is 0.396 e. The summed E-state index contributed by atoms with van der Waals surface area (Å²) in [6.45, 7) is 1.01. The van der Waals surface area contributed by atoms with Gasteiger partial charge in [0.15, 0.2) is 5.96 Å². The second-order valence-electron chi connectivity index (χ2n) is 3.90. The summed E-state index contributed by atoms with van der Waals surface area (Å²) in [6.07, 6.45) is 4.03. The molecule has 4 N–H and O–H groups in total. The van der Waals surface area contributed by atoms with Crippen LogP contribution in [0.1, 0.15) is 25.7 Å². The molecular weight excluding hydrogens is 341 g/mol. The molecule has 1 rings (SSSR count). The highest BCUT2D eigenvalue weighted by Crippen LogP contribution is 2.04. The van der Waals surface area contributed by atoms with Crippen LogP contribution in [0.2, 0.25) is 0 Å². The van der Waals surface area contributed by atoms with Crippen LogP contribution < -0.4 is 11.1 Å². The third kappa shape index (κ3) is 8.30. The fourth-order valence-electron chi connectivity index (χ4n) is 1.49. The first-order chi connectivity index (χ1) is 8.33. The van der Waals surface area contributed by atoms with Gasteiger partial charge < -0.3 is 16.2 Å². The SMILES string of the molecule is I.NC(=NCCCCCCO)Nc1ccccc1. The first-order valence-electron chi connectivity index (χ1n) is 6.06. The average molecular weight is 363 g/mol. The lowest BCUT2D eigenvalue weighted by atomic mass is 10.2. The Morgan fingerprint density at radius 2 is 1.78 bits per heavy atom. The van der Waals surface area contributed by atoms with Crippen molar-refractivity contribution in [3.63, 3.8) is 0 Å². The molecule has 0 heterocycles. The molecule has 0 amide bonds. The van der Waals surface area contributed by atoms with Gasteiger partial charge >= 0.3 is 0 Å². The number of aliphatic hydroxyl groups is 1. The molecule has 102 valence electrons. The monoisotopic (exact) mass is 363 g/mol. The number of halogens is 1. The van der Waals surface area contributed by atoms with E-state index < -0.39 is 0 Å². The quantitative estimate of drug-likeness (QED) is 0.302. The minimum Gasteiger partial charge on any atom is -0.396 e. The number of hydrogen-bond acceptors (Lipinski definition) is 2. The number of nitrogens with two attached hydrogens (primary N) is 1.